The van der Waals surface area contributed by atoms with Crippen molar-refractivity contribution in [3.8, 4) is 0 Å². The molecule has 3 N–H and O–H groups in total. The van der Waals surface area contributed by atoms with E-state index in [9.17, 15) is 23.3 Å². The molecule has 0 radical (unpaired) electrons. The van der Waals surface area contributed by atoms with Crippen molar-refractivity contribution in [2.45, 2.75) is 18.7 Å². The Balaban J connectivity index is 2.71. The summed E-state index contributed by atoms with van der Waals surface area (Å²) < 4.78 is 27.2. The third-order valence-electron chi connectivity index (χ3n) is 3.92. The summed E-state index contributed by atoms with van der Waals surface area (Å²) in [5, 5.41) is 11.3. The Morgan fingerprint density at radius 2 is 1.85 bits per heavy atom. The van der Waals surface area contributed by atoms with E-state index in [1.807, 2.05) is 5.43 Å². The third kappa shape index (κ3) is 3.65. The first-order valence-electron chi connectivity index (χ1n) is 7.52. The maximum Gasteiger partial charge on any atom is 0.289 e. The lowest BCUT2D eigenvalue weighted by Gasteiger charge is -2.25. The largest absolute Gasteiger partial charge is 0.293 e. The van der Waals surface area contributed by atoms with Crippen molar-refractivity contribution in [1.82, 2.24) is 5.43 Å². The number of hydrogen-bond donors (Lipinski definition) is 2. The van der Waals surface area contributed by atoms with E-state index in [-0.39, 0.29) is 5.69 Å². The number of anilines is 1. The van der Waals surface area contributed by atoms with Gasteiger partial charge in [-0.15, -0.1) is 0 Å². The van der Waals surface area contributed by atoms with E-state index >= 15 is 0 Å². The number of rotatable bonds is 6. The number of hydrogen-bond acceptors (Lipinski definition) is 6. The van der Waals surface area contributed by atoms with Crippen molar-refractivity contribution < 1.29 is 18.1 Å². The van der Waals surface area contributed by atoms with Crippen LogP contribution in [0.25, 0.3) is 0 Å². The molecule has 0 bridgehead atoms. The highest BCUT2D eigenvalue weighted by Crippen LogP contribution is 2.32. The molecule has 0 saturated heterocycles. The van der Waals surface area contributed by atoms with Crippen molar-refractivity contribution in [3.05, 3.63) is 63.7 Å². The van der Waals surface area contributed by atoms with Crippen LogP contribution in [-0.2, 0) is 14.8 Å². The smallest absolute Gasteiger partial charge is 0.289 e. The molecule has 0 aliphatic carbocycles. The van der Waals surface area contributed by atoms with Crippen LogP contribution < -0.4 is 15.6 Å². The molecule has 0 aliphatic rings. The van der Waals surface area contributed by atoms with Gasteiger partial charge in [-0.3, -0.25) is 24.6 Å². The molecule has 0 heterocycles. The number of nitrogens with two attached hydrogens (primary N) is 1. The summed E-state index contributed by atoms with van der Waals surface area (Å²) in [5.74, 6) is 4.34. The van der Waals surface area contributed by atoms with Gasteiger partial charge in [-0.1, -0.05) is 24.3 Å². The van der Waals surface area contributed by atoms with Crippen molar-refractivity contribution in [3.63, 3.8) is 0 Å². The summed E-state index contributed by atoms with van der Waals surface area (Å²) in [6.45, 7) is 2.87. The van der Waals surface area contributed by atoms with Crippen LogP contribution in [0.2, 0.25) is 0 Å². The lowest BCUT2D eigenvalue weighted by atomic mass is 10.1. The molecule has 9 nitrogen and oxygen atoms in total. The zero-order chi connectivity index (χ0) is 19.5. The van der Waals surface area contributed by atoms with E-state index < -0.39 is 38.0 Å². The Morgan fingerprint density at radius 1 is 1.19 bits per heavy atom. The Labute approximate surface area is 150 Å². The Hall–Kier alpha value is -2.98. The fourth-order valence-electron chi connectivity index (χ4n) is 2.43. The molecule has 0 saturated carbocycles. The van der Waals surface area contributed by atoms with Crippen molar-refractivity contribution >= 4 is 27.3 Å². The van der Waals surface area contributed by atoms with Gasteiger partial charge in [-0.05, 0) is 37.1 Å². The Bertz CT molecular complexity index is 959. The number of hydrazine groups is 1. The first-order valence-corrected chi connectivity index (χ1v) is 8.96. The summed E-state index contributed by atoms with van der Waals surface area (Å²) in [6.07, 6.45) is 0. The van der Waals surface area contributed by atoms with Crippen LogP contribution in [0, 0.1) is 24.0 Å². The highest BCUT2D eigenvalue weighted by Gasteiger charge is 2.33. The fraction of sp³-hybridized carbons (Fsp3) is 0.188. The molecule has 138 valence electrons. The molecular weight excluding hydrogens is 360 g/mol. The Morgan fingerprint density at radius 3 is 2.46 bits per heavy atom. The van der Waals surface area contributed by atoms with Gasteiger partial charge in [0, 0.05) is 6.07 Å². The summed E-state index contributed by atoms with van der Waals surface area (Å²) in [4.78, 5) is 21.8. The zero-order valence-corrected chi connectivity index (χ0v) is 15.0. The minimum Gasteiger partial charge on any atom is -0.293 e. The van der Waals surface area contributed by atoms with Gasteiger partial charge < -0.3 is 0 Å². The highest BCUT2D eigenvalue weighted by atomic mass is 32.2. The van der Waals surface area contributed by atoms with Crippen LogP contribution in [0.15, 0.2) is 47.4 Å². The van der Waals surface area contributed by atoms with Gasteiger partial charge in [0.2, 0.25) is 0 Å². The van der Waals surface area contributed by atoms with Crippen molar-refractivity contribution in [2.75, 3.05) is 10.8 Å². The number of aryl methyl sites for hydroxylation is 1. The van der Waals surface area contributed by atoms with E-state index in [1.165, 1.54) is 18.2 Å². The monoisotopic (exact) mass is 378 g/mol. The predicted molar refractivity (Wildman–Crippen MR) is 95.9 cm³/mol. The topological polar surface area (TPSA) is 136 Å². The second-order valence-electron chi connectivity index (χ2n) is 5.52. The van der Waals surface area contributed by atoms with Gasteiger partial charge >= 0.3 is 0 Å². The number of nitro benzene ring substituents is 1. The quantitative estimate of drug-likeness (QED) is 0.337. The molecule has 0 aromatic heterocycles. The summed E-state index contributed by atoms with van der Waals surface area (Å²) in [6, 6.07) is 9.93. The molecule has 2 aromatic carbocycles. The minimum atomic E-state index is -4.40. The zero-order valence-electron chi connectivity index (χ0n) is 14.2. The number of benzene rings is 2. The predicted octanol–water partition coefficient (Wildman–Crippen LogP) is 1.40. The minimum absolute atomic E-state index is 0.242. The van der Waals surface area contributed by atoms with Crippen LogP contribution in [-0.4, -0.2) is 25.8 Å². The molecule has 0 unspecified atom stereocenters. The van der Waals surface area contributed by atoms with E-state index in [0.717, 1.165) is 22.0 Å². The van der Waals surface area contributed by atoms with E-state index in [1.54, 1.807) is 26.0 Å². The Kier molecular flexibility index (Phi) is 5.58. The van der Waals surface area contributed by atoms with Crippen LogP contribution in [0.1, 0.15) is 11.1 Å². The van der Waals surface area contributed by atoms with Crippen molar-refractivity contribution in [2.24, 2.45) is 5.84 Å². The molecule has 0 atom stereocenters. The molecule has 1 amide bonds. The fourth-order valence-corrected chi connectivity index (χ4v) is 4.07. The SMILES string of the molecule is Cc1cccc(N(CC(=O)NN)S(=O)(=O)c2ccccc2[N+](=O)[O-])c1C. The van der Waals surface area contributed by atoms with Crippen LogP contribution >= 0.6 is 0 Å². The lowest BCUT2D eigenvalue weighted by molar-refractivity contribution is -0.387. The van der Waals surface area contributed by atoms with Gasteiger partial charge in [0.1, 0.15) is 6.54 Å². The van der Waals surface area contributed by atoms with Crippen LogP contribution in [0.3, 0.4) is 0 Å². The second-order valence-corrected chi connectivity index (χ2v) is 7.35. The number of nitro groups is 1. The number of amides is 1. The molecule has 2 rings (SSSR count). The standard InChI is InChI=1S/C16H18N4O5S/c1-11-6-5-8-13(12(11)2)19(10-16(21)18-17)26(24,25)15-9-4-3-7-14(15)20(22)23/h3-9H,10,17H2,1-2H3,(H,18,21). The number of nitrogens with zero attached hydrogens (tertiary/aromatic N) is 2. The maximum absolute atomic E-state index is 13.2. The van der Waals surface area contributed by atoms with Crippen LogP contribution in [0.4, 0.5) is 11.4 Å². The van der Waals surface area contributed by atoms with E-state index in [0.29, 0.717) is 5.56 Å². The van der Waals surface area contributed by atoms with Gasteiger partial charge in [0.15, 0.2) is 4.90 Å². The van der Waals surface area contributed by atoms with E-state index in [4.69, 9.17) is 5.84 Å². The lowest BCUT2D eigenvalue weighted by Crippen LogP contribution is -2.43. The van der Waals surface area contributed by atoms with E-state index in [2.05, 4.69) is 0 Å². The first kappa shape index (κ1) is 19.3. The molecule has 0 spiro atoms. The number of carbonyl (C=O) groups is 1. The number of para-hydroxylation sites is 1. The average molecular weight is 378 g/mol. The summed E-state index contributed by atoms with van der Waals surface area (Å²) in [7, 11) is -4.40. The summed E-state index contributed by atoms with van der Waals surface area (Å²) >= 11 is 0. The highest BCUT2D eigenvalue weighted by molar-refractivity contribution is 7.93. The van der Waals surface area contributed by atoms with Gasteiger partial charge in [-0.25, -0.2) is 14.3 Å². The van der Waals surface area contributed by atoms with Gasteiger partial charge in [-0.2, -0.15) is 0 Å². The average Bonchev–Trinajstić information content (AvgIpc) is 2.62. The third-order valence-corrected chi connectivity index (χ3v) is 5.73. The normalized spacial score (nSPS) is 11.0. The molecule has 2 aromatic rings. The molecule has 26 heavy (non-hydrogen) atoms. The molecule has 0 fully saturated rings. The summed E-state index contributed by atoms with van der Waals surface area (Å²) in [5.41, 5.74) is 2.98. The van der Waals surface area contributed by atoms with Crippen LogP contribution in [0.5, 0.6) is 0 Å². The number of carbonyl (C=O) groups excluding carboxylic acids is 1. The first-order chi connectivity index (χ1) is 12.2. The molecular formula is C16H18N4O5S. The van der Waals surface area contributed by atoms with Gasteiger partial charge in [0.25, 0.3) is 21.6 Å². The van der Waals surface area contributed by atoms with Crippen molar-refractivity contribution in [1.29, 1.82) is 0 Å². The maximum atomic E-state index is 13.2. The second kappa shape index (κ2) is 7.50. The molecule has 10 heteroatoms. The molecule has 0 aliphatic heterocycles. The number of nitrogens with one attached hydrogen (secondary N) is 1. The van der Waals surface area contributed by atoms with Gasteiger partial charge in [0.05, 0.1) is 10.6 Å². The number of sulfonamides is 1.